The van der Waals surface area contributed by atoms with E-state index in [-0.39, 0.29) is 17.6 Å². The highest BCUT2D eigenvalue weighted by Crippen LogP contribution is 2.32. The Balaban J connectivity index is 1.57. The molecule has 0 unspecified atom stereocenters. The van der Waals surface area contributed by atoms with Crippen LogP contribution in [-0.4, -0.2) is 32.3 Å². The molecule has 3 aromatic rings. The van der Waals surface area contributed by atoms with Crippen LogP contribution >= 0.6 is 0 Å². The molecule has 1 aromatic carbocycles. The second-order valence-electron chi connectivity index (χ2n) is 7.09. The van der Waals surface area contributed by atoms with Crippen LogP contribution in [0.4, 0.5) is 0 Å². The average Bonchev–Trinajstić information content (AvgIpc) is 3.16. The number of benzene rings is 1. The van der Waals surface area contributed by atoms with Crippen molar-refractivity contribution in [3.05, 3.63) is 81.7 Å². The Morgan fingerprint density at radius 3 is 2.89 bits per heavy atom. The van der Waals surface area contributed by atoms with Gasteiger partial charge in [0.15, 0.2) is 0 Å². The van der Waals surface area contributed by atoms with Crippen LogP contribution in [0.25, 0.3) is 0 Å². The summed E-state index contributed by atoms with van der Waals surface area (Å²) in [5, 5.41) is 0. The average molecular weight is 378 g/mol. The van der Waals surface area contributed by atoms with Gasteiger partial charge >= 0.3 is 5.69 Å². The van der Waals surface area contributed by atoms with Gasteiger partial charge in [-0.25, -0.2) is 9.78 Å². The molecule has 1 atom stereocenters. The topological polar surface area (TPSA) is 92.1 Å². The first-order valence-electron chi connectivity index (χ1n) is 9.47. The monoisotopic (exact) mass is 378 g/mol. The number of aromatic amines is 1. The molecule has 4 rings (SSSR count). The number of aryl methyl sites for hydroxylation is 1. The Hall–Kier alpha value is -3.22. The van der Waals surface area contributed by atoms with Gasteiger partial charge in [0.2, 0.25) is 5.89 Å². The van der Waals surface area contributed by atoms with Crippen molar-refractivity contribution in [2.24, 2.45) is 0 Å². The number of nitrogens with zero attached hydrogens (tertiary/aromatic N) is 3. The third kappa shape index (κ3) is 3.88. The number of hydrogen-bond acceptors (Lipinski definition) is 5. The highest BCUT2D eigenvalue weighted by atomic mass is 16.4. The summed E-state index contributed by atoms with van der Waals surface area (Å²) in [6, 6.07) is 11.4. The van der Waals surface area contributed by atoms with E-state index in [0.29, 0.717) is 24.6 Å². The van der Waals surface area contributed by atoms with E-state index in [1.165, 1.54) is 0 Å². The van der Waals surface area contributed by atoms with Gasteiger partial charge in [0.1, 0.15) is 17.5 Å². The van der Waals surface area contributed by atoms with E-state index in [2.05, 4.69) is 15.0 Å². The third-order valence-corrected chi connectivity index (χ3v) is 4.94. The van der Waals surface area contributed by atoms with E-state index in [1.54, 1.807) is 24.1 Å². The molecule has 28 heavy (non-hydrogen) atoms. The summed E-state index contributed by atoms with van der Waals surface area (Å²) in [7, 11) is 0. The number of aromatic nitrogens is 3. The maximum absolute atomic E-state index is 13.0. The molecule has 3 heterocycles. The molecule has 0 bridgehead atoms. The van der Waals surface area contributed by atoms with Crippen LogP contribution in [0.15, 0.2) is 51.8 Å². The molecule has 0 spiro atoms. The zero-order valence-corrected chi connectivity index (χ0v) is 15.7. The summed E-state index contributed by atoms with van der Waals surface area (Å²) >= 11 is 0. The molecule has 1 aliphatic rings. The Labute approximate surface area is 162 Å². The normalized spacial score (nSPS) is 16.9. The van der Waals surface area contributed by atoms with Crippen LogP contribution in [0.5, 0.6) is 0 Å². The molecular formula is C21H22N4O3. The summed E-state index contributed by atoms with van der Waals surface area (Å²) < 4.78 is 6.00. The van der Waals surface area contributed by atoms with Gasteiger partial charge < -0.3 is 14.3 Å². The number of amides is 1. The fourth-order valence-corrected chi connectivity index (χ4v) is 3.62. The number of likely N-dealkylation sites (tertiary alicyclic amines) is 1. The molecule has 0 radical (unpaired) electrons. The van der Waals surface area contributed by atoms with Crippen molar-refractivity contribution < 1.29 is 9.21 Å². The molecule has 7 heteroatoms. The SMILES string of the molecule is Cc1cc(C(=O)N2CCCC[C@@H]2c2ncc(Cc3ccccc3)o2)nc(=O)[nH]1. The quantitative estimate of drug-likeness (QED) is 0.753. The van der Waals surface area contributed by atoms with Crippen molar-refractivity contribution in [3.8, 4) is 0 Å². The van der Waals surface area contributed by atoms with Crippen LogP contribution in [-0.2, 0) is 6.42 Å². The van der Waals surface area contributed by atoms with Gasteiger partial charge in [-0.3, -0.25) is 4.79 Å². The Kier molecular flexibility index (Phi) is 5.06. The molecule has 1 aliphatic heterocycles. The minimum absolute atomic E-state index is 0.157. The molecule has 2 aromatic heterocycles. The molecule has 0 aliphatic carbocycles. The number of carbonyl (C=O) groups excluding carboxylic acids is 1. The zero-order chi connectivity index (χ0) is 19.5. The first-order chi connectivity index (χ1) is 13.6. The van der Waals surface area contributed by atoms with Crippen LogP contribution in [0.1, 0.15) is 58.7 Å². The number of H-pyrrole nitrogens is 1. The first kappa shape index (κ1) is 18.2. The van der Waals surface area contributed by atoms with E-state index in [9.17, 15) is 9.59 Å². The summed E-state index contributed by atoms with van der Waals surface area (Å²) in [4.78, 5) is 37.3. The Morgan fingerprint density at radius 2 is 2.11 bits per heavy atom. The fraction of sp³-hybridized carbons (Fsp3) is 0.333. The lowest BCUT2D eigenvalue weighted by Gasteiger charge is -2.33. The molecule has 1 N–H and O–H groups in total. The minimum atomic E-state index is -0.516. The van der Waals surface area contributed by atoms with Crippen LogP contribution in [0.3, 0.4) is 0 Å². The highest BCUT2D eigenvalue weighted by Gasteiger charge is 2.32. The Morgan fingerprint density at radius 1 is 1.29 bits per heavy atom. The minimum Gasteiger partial charge on any atom is -0.443 e. The number of piperidine rings is 1. The molecule has 1 amide bonds. The highest BCUT2D eigenvalue weighted by molar-refractivity contribution is 5.92. The summed E-state index contributed by atoms with van der Waals surface area (Å²) in [6.45, 7) is 2.32. The summed E-state index contributed by atoms with van der Waals surface area (Å²) in [5.41, 5.74) is 1.39. The number of carbonyl (C=O) groups is 1. The molecule has 144 valence electrons. The lowest BCUT2D eigenvalue weighted by atomic mass is 10.0. The molecule has 0 saturated carbocycles. The number of oxazole rings is 1. The van der Waals surface area contributed by atoms with Gasteiger partial charge in [-0.2, -0.15) is 4.98 Å². The standard InChI is InChI=1S/C21H22N4O3/c1-14-11-17(24-21(27)23-14)20(26)25-10-6-5-9-18(25)19-22-13-16(28-19)12-15-7-3-2-4-8-15/h2-4,7-8,11,13,18H,5-6,9-10,12H2,1H3,(H,23,24,27)/t18-/m1/s1. The van der Waals surface area contributed by atoms with Gasteiger partial charge in [0.05, 0.1) is 6.20 Å². The van der Waals surface area contributed by atoms with Crippen molar-refractivity contribution in [3.63, 3.8) is 0 Å². The van der Waals surface area contributed by atoms with E-state index in [0.717, 1.165) is 30.6 Å². The molecule has 1 fully saturated rings. The number of hydrogen-bond donors (Lipinski definition) is 1. The van der Waals surface area contributed by atoms with Gasteiger partial charge in [0.25, 0.3) is 5.91 Å². The van der Waals surface area contributed by atoms with E-state index in [4.69, 9.17) is 4.42 Å². The maximum Gasteiger partial charge on any atom is 0.345 e. The van der Waals surface area contributed by atoms with E-state index >= 15 is 0 Å². The number of rotatable bonds is 4. The Bertz CT molecular complexity index is 1030. The van der Waals surface area contributed by atoms with Crippen molar-refractivity contribution in [2.45, 2.75) is 38.6 Å². The van der Waals surface area contributed by atoms with E-state index in [1.807, 2.05) is 30.3 Å². The van der Waals surface area contributed by atoms with Crippen molar-refractivity contribution in [2.75, 3.05) is 6.54 Å². The van der Waals surface area contributed by atoms with E-state index < -0.39 is 5.69 Å². The summed E-state index contributed by atoms with van der Waals surface area (Å²) in [6.07, 6.45) is 5.06. The predicted octanol–water partition coefficient (Wildman–Crippen LogP) is 3.02. The van der Waals surface area contributed by atoms with Crippen molar-refractivity contribution in [1.82, 2.24) is 19.9 Å². The molecule has 1 saturated heterocycles. The maximum atomic E-state index is 13.0. The van der Waals surface area contributed by atoms with Gasteiger partial charge in [-0.1, -0.05) is 30.3 Å². The molecular weight excluding hydrogens is 356 g/mol. The van der Waals surface area contributed by atoms with Gasteiger partial charge in [-0.05, 0) is 37.8 Å². The lowest BCUT2D eigenvalue weighted by molar-refractivity contribution is 0.0563. The largest absolute Gasteiger partial charge is 0.443 e. The second-order valence-corrected chi connectivity index (χ2v) is 7.09. The summed E-state index contributed by atoms with van der Waals surface area (Å²) in [5.74, 6) is 1.05. The smallest absolute Gasteiger partial charge is 0.345 e. The number of nitrogens with one attached hydrogen (secondary N) is 1. The first-order valence-corrected chi connectivity index (χ1v) is 9.47. The third-order valence-electron chi connectivity index (χ3n) is 4.94. The van der Waals surface area contributed by atoms with Crippen LogP contribution in [0, 0.1) is 6.92 Å². The molecule has 7 nitrogen and oxygen atoms in total. The predicted molar refractivity (Wildman–Crippen MR) is 103 cm³/mol. The van der Waals surface area contributed by atoms with Crippen molar-refractivity contribution in [1.29, 1.82) is 0 Å². The zero-order valence-electron chi connectivity index (χ0n) is 15.7. The second kappa shape index (κ2) is 7.80. The van der Waals surface area contributed by atoms with Crippen LogP contribution < -0.4 is 5.69 Å². The van der Waals surface area contributed by atoms with Crippen molar-refractivity contribution >= 4 is 5.91 Å². The fourth-order valence-electron chi connectivity index (χ4n) is 3.62. The van der Waals surface area contributed by atoms with Gasteiger partial charge in [-0.15, -0.1) is 0 Å². The van der Waals surface area contributed by atoms with Crippen LogP contribution in [0.2, 0.25) is 0 Å². The van der Waals surface area contributed by atoms with Gasteiger partial charge in [0, 0.05) is 18.7 Å². The lowest BCUT2D eigenvalue weighted by Crippen LogP contribution is -2.39.